The van der Waals surface area contributed by atoms with Crippen molar-refractivity contribution in [3.63, 3.8) is 0 Å². The summed E-state index contributed by atoms with van der Waals surface area (Å²) in [6.07, 6.45) is 1.66. The molecule has 4 rings (SSSR count). The smallest absolute Gasteiger partial charge is 0.408 e. The van der Waals surface area contributed by atoms with E-state index in [4.69, 9.17) is 9.72 Å². The van der Waals surface area contributed by atoms with E-state index < -0.39 is 83.8 Å². The molecule has 2 aromatic carbocycles. The van der Waals surface area contributed by atoms with Crippen LogP contribution in [-0.4, -0.2) is 110 Å². The first-order valence-corrected chi connectivity index (χ1v) is 18.4. The van der Waals surface area contributed by atoms with Crippen molar-refractivity contribution in [2.24, 2.45) is 5.41 Å². The van der Waals surface area contributed by atoms with Gasteiger partial charge in [-0.05, 0) is 62.4 Å². The van der Waals surface area contributed by atoms with Gasteiger partial charge in [-0.3, -0.25) is 19.2 Å². The number of amides is 5. The highest BCUT2D eigenvalue weighted by molar-refractivity contribution is 5.93. The number of alkyl carbamates (subject to hydrolysis) is 1. The molecule has 308 valence electrons. The van der Waals surface area contributed by atoms with Gasteiger partial charge < -0.3 is 45.3 Å². The second-order valence-corrected chi connectivity index (χ2v) is 15.6. The van der Waals surface area contributed by atoms with Gasteiger partial charge in [0.1, 0.15) is 48.5 Å². The first-order valence-electron chi connectivity index (χ1n) is 18.4. The zero-order valence-corrected chi connectivity index (χ0v) is 32.9. The molecular weight excluding hydrogens is 744 g/mol. The lowest BCUT2D eigenvalue weighted by Crippen LogP contribution is -2.52. The monoisotopic (exact) mass is 795 g/mol. The molecule has 0 aliphatic carbocycles. The third-order valence-electron chi connectivity index (χ3n) is 8.78. The number of ether oxygens (including phenoxy) is 1. The zero-order valence-electron chi connectivity index (χ0n) is 32.9. The number of halogens is 2. The number of hydrogen-bond donors (Lipinski definition) is 5. The summed E-state index contributed by atoms with van der Waals surface area (Å²) in [5, 5.41) is 27.8. The molecule has 0 spiro atoms. The number of aliphatic hydroxyl groups excluding tert-OH is 2. The summed E-state index contributed by atoms with van der Waals surface area (Å²) < 4.78 is 36.6. The van der Waals surface area contributed by atoms with E-state index in [1.165, 1.54) is 11.0 Å². The van der Waals surface area contributed by atoms with E-state index in [9.17, 15) is 38.6 Å². The minimum absolute atomic E-state index is 0.0607. The van der Waals surface area contributed by atoms with Crippen molar-refractivity contribution in [2.75, 3.05) is 32.8 Å². The number of hydrogen-bond acceptors (Lipinski definition) is 9. The van der Waals surface area contributed by atoms with Crippen LogP contribution in [0.3, 0.4) is 0 Å². The Balaban J connectivity index is 1.62. The Morgan fingerprint density at radius 3 is 2.30 bits per heavy atom. The number of imidazole rings is 1. The van der Waals surface area contributed by atoms with Crippen LogP contribution in [0.5, 0.6) is 0 Å². The Labute approximate surface area is 330 Å². The van der Waals surface area contributed by atoms with Crippen molar-refractivity contribution in [1.29, 1.82) is 0 Å². The van der Waals surface area contributed by atoms with E-state index in [0.717, 1.165) is 34.7 Å². The summed E-state index contributed by atoms with van der Waals surface area (Å²) in [5.74, 6) is -3.59. The zero-order chi connectivity index (χ0) is 42.1. The molecule has 1 unspecified atom stereocenters. The van der Waals surface area contributed by atoms with Crippen LogP contribution in [0.2, 0.25) is 0 Å². The highest BCUT2D eigenvalue weighted by Gasteiger charge is 2.39. The summed E-state index contributed by atoms with van der Waals surface area (Å²) in [6, 6.07) is 10.1. The number of aromatic nitrogens is 2. The lowest BCUT2D eigenvalue weighted by Gasteiger charge is -2.40. The number of nitrogens with zero attached hydrogens (tertiary/aromatic N) is 4. The van der Waals surface area contributed by atoms with Gasteiger partial charge in [0.25, 0.3) is 0 Å². The van der Waals surface area contributed by atoms with Gasteiger partial charge in [0, 0.05) is 44.0 Å². The van der Waals surface area contributed by atoms with Crippen molar-refractivity contribution < 1.29 is 47.7 Å². The summed E-state index contributed by atoms with van der Waals surface area (Å²) in [6.45, 7) is 9.02. The first-order chi connectivity index (χ1) is 26.8. The van der Waals surface area contributed by atoms with Crippen molar-refractivity contribution in [3.8, 4) is 11.3 Å². The maximum absolute atomic E-state index is 15.1. The third-order valence-corrected chi connectivity index (χ3v) is 8.78. The van der Waals surface area contributed by atoms with E-state index in [1.54, 1.807) is 31.5 Å². The fourth-order valence-electron chi connectivity index (χ4n) is 6.24. The Bertz CT molecular complexity index is 1940. The van der Waals surface area contributed by atoms with E-state index in [-0.39, 0.29) is 43.9 Å². The lowest BCUT2D eigenvalue weighted by atomic mass is 9.84. The van der Waals surface area contributed by atoms with Gasteiger partial charge in [0.15, 0.2) is 0 Å². The summed E-state index contributed by atoms with van der Waals surface area (Å²) in [4.78, 5) is 71.5. The molecule has 0 radical (unpaired) electrons. The number of benzene rings is 2. The van der Waals surface area contributed by atoms with Crippen molar-refractivity contribution in [2.45, 2.75) is 78.4 Å². The largest absolute Gasteiger partial charge is 0.444 e. The van der Waals surface area contributed by atoms with Crippen molar-refractivity contribution >= 4 is 29.7 Å². The van der Waals surface area contributed by atoms with Crippen LogP contribution in [0.25, 0.3) is 11.3 Å². The average Bonchev–Trinajstić information content (AvgIpc) is 3.68. The quantitative estimate of drug-likeness (QED) is 0.136. The number of rotatable bonds is 16. The SMILES string of the molecule is CC(C)(C)OC(=O)N[C@@H](CCN(C(=O)CO)[C@@H](c1nc(-c2cc(F)ccc2F)cn1Cc1ccccc1)C(C)(C)C)C(=O)NCCNC(=O)CN1C(=O)C=CC1O. The molecule has 15 nitrogen and oxygen atoms in total. The Kier molecular flexibility index (Phi) is 14.7. The van der Waals surface area contributed by atoms with Crippen LogP contribution < -0.4 is 16.0 Å². The van der Waals surface area contributed by atoms with Gasteiger partial charge in [0.05, 0.1) is 11.7 Å². The fraction of sp³-hybridized carbons (Fsp3) is 0.450. The molecule has 3 atom stereocenters. The maximum Gasteiger partial charge on any atom is 0.408 e. The fourth-order valence-corrected chi connectivity index (χ4v) is 6.24. The molecule has 5 amide bonds. The van der Waals surface area contributed by atoms with Crippen LogP contribution in [0, 0.1) is 17.0 Å². The molecule has 0 bridgehead atoms. The Hall–Kier alpha value is -5.68. The van der Waals surface area contributed by atoms with Gasteiger partial charge in [-0.25, -0.2) is 18.6 Å². The van der Waals surface area contributed by atoms with Crippen LogP contribution in [0.1, 0.15) is 65.4 Å². The topological polar surface area (TPSA) is 195 Å². The molecule has 1 aliphatic rings. The minimum Gasteiger partial charge on any atom is -0.444 e. The molecule has 5 N–H and O–H groups in total. The molecule has 0 saturated heterocycles. The molecule has 2 heterocycles. The maximum atomic E-state index is 15.1. The molecule has 3 aromatic rings. The highest BCUT2D eigenvalue weighted by Crippen LogP contribution is 2.39. The standard InChI is InChI=1S/C40H51F2N7O8/c1-39(2,3)35(36-45-30(27-20-26(41)12-13-28(27)42)22-47(36)21-25-10-8-7-9-11-25)48(34(54)24-50)19-16-29(46-38(56)57-40(4,5)6)37(55)44-18-17-43-31(51)23-49-32(52)14-15-33(49)53/h7-15,20,22,29,32,35,50,52H,16-19,21,23-24H2,1-6H3,(H,43,51)(H,44,55)(H,46,56)/t29-,32?,35-/m0/s1. The predicted octanol–water partition coefficient (Wildman–Crippen LogP) is 3.02. The summed E-state index contributed by atoms with van der Waals surface area (Å²) in [7, 11) is 0. The molecule has 1 aliphatic heterocycles. The molecule has 0 saturated carbocycles. The molecule has 57 heavy (non-hydrogen) atoms. The van der Waals surface area contributed by atoms with E-state index >= 15 is 4.39 Å². The number of carbonyl (C=O) groups excluding carboxylic acids is 5. The summed E-state index contributed by atoms with van der Waals surface area (Å²) >= 11 is 0. The van der Waals surface area contributed by atoms with E-state index in [1.807, 2.05) is 51.1 Å². The lowest BCUT2D eigenvalue weighted by molar-refractivity contribution is -0.140. The first kappa shape index (κ1) is 44.0. The van der Waals surface area contributed by atoms with Gasteiger partial charge in [-0.1, -0.05) is 51.1 Å². The molecule has 1 aromatic heterocycles. The van der Waals surface area contributed by atoms with Gasteiger partial charge in [-0.15, -0.1) is 0 Å². The number of aliphatic hydroxyl groups is 2. The van der Waals surface area contributed by atoms with Crippen LogP contribution in [0.15, 0.2) is 66.9 Å². The van der Waals surface area contributed by atoms with Gasteiger partial charge in [-0.2, -0.15) is 0 Å². The highest BCUT2D eigenvalue weighted by atomic mass is 19.1. The van der Waals surface area contributed by atoms with Crippen LogP contribution in [0.4, 0.5) is 13.6 Å². The number of carbonyl (C=O) groups is 5. The second-order valence-electron chi connectivity index (χ2n) is 15.6. The van der Waals surface area contributed by atoms with Gasteiger partial charge in [0.2, 0.25) is 23.6 Å². The van der Waals surface area contributed by atoms with E-state index in [0.29, 0.717) is 5.82 Å². The van der Waals surface area contributed by atoms with Crippen molar-refractivity contribution in [3.05, 3.63) is 89.9 Å². The van der Waals surface area contributed by atoms with Crippen LogP contribution >= 0.6 is 0 Å². The molecular formula is C40H51F2N7O8. The Morgan fingerprint density at radius 1 is 1.00 bits per heavy atom. The van der Waals surface area contributed by atoms with E-state index in [2.05, 4.69) is 16.0 Å². The predicted molar refractivity (Wildman–Crippen MR) is 205 cm³/mol. The minimum atomic E-state index is -1.28. The number of nitrogens with one attached hydrogen (secondary N) is 3. The van der Waals surface area contributed by atoms with Crippen LogP contribution in [-0.2, 0) is 30.5 Å². The van der Waals surface area contributed by atoms with Crippen molar-refractivity contribution in [1.82, 2.24) is 35.3 Å². The van der Waals surface area contributed by atoms with Gasteiger partial charge >= 0.3 is 6.09 Å². The molecule has 17 heteroatoms. The second kappa shape index (κ2) is 19.0. The Morgan fingerprint density at radius 2 is 1.68 bits per heavy atom. The average molecular weight is 796 g/mol. The normalized spacial score (nSPS) is 15.2. The molecule has 0 fully saturated rings. The summed E-state index contributed by atoms with van der Waals surface area (Å²) in [5.41, 5.74) is -0.851. The third kappa shape index (κ3) is 12.4.